The van der Waals surface area contributed by atoms with Crippen LogP contribution in [-0.2, 0) is 16.1 Å². The second-order valence-corrected chi connectivity index (χ2v) is 4.99. The lowest BCUT2D eigenvalue weighted by Crippen LogP contribution is -2.12. The maximum absolute atomic E-state index is 12.1. The van der Waals surface area contributed by atoms with E-state index in [9.17, 15) is 9.59 Å². The van der Waals surface area contributed by atoms with E-state index in [2.05, 4.69) is 5.32 Å². The fraction of sp³-hybridized carbons (Fsp3) is 0.222. The summed E-state index contributed by atoms with van der Waals surface area (Å²) in [7, 11) is 0. The second-order valence-electron chi connectivity index (χ2n) is 4.99. The van der Waals surface area contributed by atoms with Crippen molar-refractivity contribution in [3.63, 3.8) is 0 Å². The van der Waals surface area contributed by atoms with Gasteiger partial charge in [-0.25, -0.2) is 4.79 Å². The van der Waals surface area contributed by atoms with Crippen molar-refractivity contribution < 1.29 is 14.3 Å². The van der Waals surface area contributed by atoms with Crippen molar-refractivity contribution in [1.82, 2.24) is 0 Å². The van der Waals surface area contributed by atoms with Crippen molar-refractivity contribution in [2.24, 2.45) is 0 Å². The number of hydrogen-bond donors (Lipinski definition) is 1. The molecule has 0 aromatic heterocycles. The Hall–Kier alpha value is -2.62. The fourth-order valence-corrected chi connectivity index (χ4v) is 1.93. The summed E-state index contributed by atoms with van der Waals surface area (Å²) in [6.07, 6.45) is 0.391. The fourth-order valence-electron chi connectivity index (χ4n) is 1.93. The molecule has 0 saturated heterocycles. The minimum Gasteiger partial charge on any atom is -0.457 e. The molecule has 0 radical (unpaired) electrons. The third-order valence-corrected chi connectivity index (χ3v) is 3.28. The highest BCUT2D eigenvalue weighted by Crippen LogP contribution is 2.18. The van der Waals surface area contributed by atoms with E-state index >= 15 is 0 Å². The number of benzene rings is 2. The van der Waals surface area contributed by atoms with Gasteiger partial charge in [-0.2, -0.15) is 0 Å². The average molecular weight is 297 g/mol. The van der Waals surface area contributed by atoms with Gasteiger partial charge in [0.25, 0.3) is 0 Å². The first-order valence-corrected chi connectivity index (χ1v) is 7.21. The van der Waals surface area contributed by atoms with E-state index in [4.69, 9.17) is 4.74 Å². The Morgan fingerprint density at radius 2 is 1.82 bits per heavy atom. The molecule has 2 aromatic rings. The molecule has 0 heterocycles. The summed E-state index contributed by atoms with van der Waals surface area (Å²) in [5.74, 6) is -0.492. The van der Waals surface area contributed by atoms with Crippen molar-refractivity contribution in [1.29, 1.82) is 0 Å². The first kappa shape index (κ1) is 15.8. The second kappa shape index (κ2) is 7.41. The molecule has 0 bridgehead atoms. The number of esters is 1. The van der Waals surface area contributed by atoms with Crippen LogP contribution in [0.1, 0.15) is 34.8 Å². The van der Waals surface area contributed by atoms with E-state index in [1.165, 1.54) is 0 Å². The van der Waals surface area contributed by atoms with Gasteiger partial charge in [-0.05, 0) is 30.2 Å². The smallest absolute Gasteiger partial charge is 0.338 e. The molecule has 0 saturated carbocycles. The van der Waals surface area contributed by atoms with Crippen molar-refractivity contribution in [3.8, 4) is 0 Å². The van der Waals surface area contributed by atoms with E-state index in [0.29, 0.717) is 17.7 Å². The highest BCUT2D eigenvalue weighted by molar-refractivity contribution is 5.95. The summed E-state index contributed by atoms with van der Waals surface area (Å²) < 4.78 is 5.29. The van der Waals surface area contributed by atoms with Gasteiger partial charge in [-0.15, -0.1) is 0 Å². The maximum Gasteiger partial charge on any atom is 0.338 e. The van der Waals surface area contributed by atoms with Crippen LogP contribution in [0.4, 0.5) is 5.69 Å². The molecule has 0 spiro atoms. The van der Waals surface area contributed by atoms with Crippen LogP contribution in [0.3, 0.4) is 0 Å². The Kier molecular flexibility index (Phi) is 5.31. The molecular formula is C18H19NO3. The highest BCUT2D eigenvalue weighted by atomic mass is 16.5. The van der Waals surface area contributed by atoms with Crippen molar-refractivity contribution >= 4 is 17.6 Å². The van der Waals surface area contributed by atoms with Gasteiger partial charge in [-0.3, -0.25) is 4.79 Å². The number of ether oxygens (including phenoxy) is 1. The highest BCUT2D eigenvalue weighted by Gasteiger charge is 2.11. The number of nitrogens with one attached hydrogen (secondary N) is 1. The Bertz CT molecular complexity index is 665. The first-order valence-electron chi connectivity index (χ1n) is 7.21. The summed E-state index contributed by atoms with van der Waals surface area (Å²) in [6, 6.07) is 14.6. The van der Waals surface area contributed by atoms with Crippen LogP contribution in [0.5, 0.6) is 0 Å². The number of carbonyl (C=O) groups excluding carboxylic acids is 2. The molecule has 0 unspecified atom stereocenters. The van der Waals surface area contributed by atoms with Crippen molar-refractivity contribution in [2.75, 3.05) is 5.32 Å². The number of hydrogen-bond acceptors (Lipinski definition) is 3. The van der Waals surface area contributed by atoms with Gasteiger partial charge >= 0.3 is 5.97 Å². The predicted molar refractivity (Wildman–Crippen MR) is 85.7 cm³/mol. The SMILES string of the molecule is CCC(=O)Nc1cc(C(=O)OCc2ccccc2)ccc1C. The minimum atomic E-state index is -0.407. The molecule has 22 heavy (non-hydrogen) atoms. The number of anilines is 1. The Morgan fingerprint density at radius 3 is 2.50 bits per heavy atom. The monoisotopic (exact) mass is 297 g/mol. The molecule has 0 fully saturated rings. The van der Waals surface area contributed by atoms with Gasteiger partial charge in [-0.1, -0.05) is 43.3 Å². The van der Waals surface area contributed by atoms with Crippen LogP contribution in [-0.4, -0.2) is 11.9 Å². The van der Waals surface area contributed by atoms with E-state index in [-0.39, 0.29) is 12.5 Å². The average Bonchev–Trinajstić information content (AvgIpc) is 2.55. The molecule has 0 atom stereocenters. The van der Waals surface area contributed by atoms with Crippen molar-refractivity contribution in [2.45, 2.75) is 26.9 Å². The summed E-state index contributed by atoms with van der Waals surface area (Å²) in [6.45, 7) is 3.89. The van der Waals surface area contributed by atoms with Crippen molar-refractivity contribution in [3.05, 3.63) is 65.2 Å². The van der Waals surface area contributed by atoms with Gasteiger partial charge in [0, 0.05) is 12.1 Å². The molecule has 0 aliphatic heterocycles. The van der Waals surface area contributed by atoms with Gasteiger partial charge in [0.05, 0.1) is 5.56 Å². The lowest BCUT2D eigenvalue weighted by molar-refractivity contribution is -0.115. The van der Waals surface area contributed by atoms with E-state index in [1.807, 2.05) is 37.3 Å². The van der Waals surface area contributed by atoms with Crippen LogP contribution >= 0.6 is 0 Å². The Labute approximate surface area is 130 Å². The zero-order valence-electron chi connectivity index (χ0n) is 12.8. The molecule has 0 aliphatic carbocycles. The normalized spacial score (nSPS) is 10.1. The molecule has 1 N–H and O–H groups in total. The van der Waals surface area contributed by atoms with E-state index in [1.54, 1.807) is 25.1 Å². The summed E-state index contributed by atoms with van der Waals surface area (Å²) in [4.78, 5) is 23.6. The zero-order chi connectivity index (χ0) is 15.9. The number of amides is 1. The minimum absolute atomic E-state index is 0.0853. The zero-order valence-corrected chi connectivity index (χ0v) is 12.8. The van der Waals surface area contributed by atoms with Gasteiger partial charge in [0.15, 0.2) is 0 Å². The molecule has 4 nitrogen and oxygen atoms in total. The molecule has 1 amide bonds. The third kappa shape index (κ3) is 4.19. The molecule has 0 aliphatic rings. The number of aryl methyl sites for hydroxylation is 1. The Morgan fingerprint density at radius 1 is 1.09 bits per heavy atom. The molecular weight excluding hydrogens is 278 g/mol. The van der Waals surface area contributed by atoms with Crippen LogP contribution < -0.4 is 5.32 Å². The lowest BCUT2D eigenvalue weighted by Gasteiger charge is -2.10. The first-order chi connectivity index (χ1) is 10.6. The Balaban J connectivity index is 2.06. The maximum atomic E-state index is 12.1. The van der Waals surface area contributed by atoms with E-state index < -0.39 is 5.97 Å². The standard InChI is InChI=1S/C18H19NO3/c1-3-17(20)19-16-11-15(10-9-13(16)2)18(21)22-12-14-7-5-4-6-8-14/h4-11H,3,12H2,1-2H3,(H,19,20). The number of carbonyl (C=O) groups is 2. The predicted octanol–water partition coefficient (Wildman–Crippen LogP) is 3.70. The summed E-state index contributed by atoms with van der Waals surface area (Å²) >= 11 is 0. The summed E-state index contributed by atoms with van der Waals surface area (Å²) in [5.41, 5.74) is 2.90. The molecule has 2 aromatic carbocycles. The van der Waals surface area contributed by atoms with Crippen LogP contribution in [0.25, 0.3) is 0 Å². The molecule has 4 heteroatoms. The van der Waals surface area contributed by atoms with Gasteiger partial charge in [0.2, 0.25) is 5.91 Å². The summed E-state index contributed by atoms with van der Waals surface area (Å²) in [5, 5.41) is 2.78. The van der Waals surface area contributed by atoms with Crippen LogP contribution in [0, 0.1) is 6.92 Å². The number of rotatable bonds is 5. The van der Waals surface area contributed by atoms with Crippen LogP contribution in [0.2, 0.25) is 0 Å². The van der Waals surface area contributed by atoms with Gasteiger partial charge in [0.1, 0.15) is 6.61 Å². The molecule has 2 rings (SSSR count). The lowest BCUT2D eigenvalue weighted by atomic mass is 10.1. The van der Waals surface area contributed by atoms with E-state index in [0.717, 1.165) is 11.1 Å². The van der Waals surface area contributed by atoms with Crippen LogP contribution in [0.15, 0.2) is 48.5 Å². The molecule has 114 valence electrons. The third-order valence-electron chi connectivity index (χ3n) is 3.28. The van der Waals surface area contributed by atoms with Gasteiger partial charge < -0.3 is 10.1 Å². The quantitative estimate of drug-likeness (QED) is 0.856. The topological polar surface area (TPSA) is 55.4 Å². The largest absolute Gasteiger partial charge is 0.457 e.